The van der Waals surface area contributed by atoms with E-state index in [1.54, 1.807) is 16.7 Å². The molecule has 3 heterocycles. The molecule has 2 fully saturated rings. The number of benzene rings is 1. The summed E-state index contributed by atoms with van der Waals surface area (Å²) in [5.74, 6) is 0.743. The minimum absolute atomic E-state index is 0.00324. The molecule has 6 rings (SSSR count). The molecule has 3 aromatic rings. The molecule has 1 aromatic carbocycles. The number of aryl methyl sites for hydroxylation is 1. The summed E-state index contributed by atoms with van der Waals surface area (Å²) in [6, 6.07) is 5.62. The van der Waals surface area contributed by atoms with Gasteiger partial charge in [-0.1, -0.05) is 25.3 Å². The third-order valence-electron chi connectivity index (χ3n) is 8.95. The van der Waals surface area contributed by atoms with Crippen LogP contribution >= 0.6 is 0 Å². The van der Waals surface area contributed by atoms with E-state index >= 15 is 0 Å². The van der Waals surface area contributed by atoms with Crippen LogP contribution in [0, 0.1) is 18.8 Å². The smallest absolute Gasteiger partial charge is 0.353 e. The minimum Gasteiger partial charge on any atom is -0.353 e. The second-order valence-electron chi connectivity index (χ2n) is 11.8. The Balaban J connectivity index is 1.10. The Morgan fingerprint density at radius 2 is 1.74 bits per heavy atom. The molecular weight excluding hydrogens is 557 g/mol. The molecule has 2 aliphatic carbocycles. The lowest BCUT2D eigenvalue weighted by Gasteiger charge is -2.30. The van der Waals surface area contributed by atoms with Crippen molar-refractivity contribution in [1.82, 2.24) is 19.7 Å². The Hall–Kier alpha value is -4.02. The fourth-order valence-electron chi connectivity index (χ4n) is 6.64. The van der Waals surface area contributed by atoms with E-state index in [1.807, 2.05) is 19.1 Å². The average molecular weight is 593 g/mol. The number of imidazole rings is 1. The third-order valence-corrected chi connectivity index (χ3v) is 8.95. The number of aliphatic imine (C=N–C) groups is 1. The number of fused-ring (bicyclic) bond motifs is 1. The highest BCUT2D eigenvalue weighted by molar-refractivity contribution is 6.27. The molecule has 8 nitrogen and oxygen atoms in total. The van der Waals surface area contributed by atoms with E-state index < -0.39 is 11.9 Å². The van der Waals surface area contributed by atoms with E-state index in [-0.39, 0.29) is 47.4 Å². The number of halogens is 3. The molecule has 2 saturated carbocycles. The number of carbonyl (C=O) groups excluding carboxylic acids is 2. The standard InChI is InChI=1S/C32H35F3N6O2/c1-19-17-23(39-29-30-38-18-26(41(30)16-15-37-29)25-13-14-36-28(25)32(33,34)35)11-12-24(19)27(42)20-7-9-22(10-8-20)40-31(43)21-5-3-2-4-6-21/h11-13,15-18,20-22H,2-10,14H2,1H3,(H,37,39)(H,40,43). The van der Waals surface area contributed by atoms with Crippen molar-refractivity contribution in [3.05, 3.63) is 59.7 Å². The Morgan fingerprint density at radius 1 is 0.977 bits per heavy atom. The molecule has 0 radical (unpaired) electrons. The van der Waals surface area contributed by atoms with Crippen LogP contribution in [-0.2, 0) is 4.79 Å². The number of nitrogens with zero attached hydrogens (tertiary/aromatic N) is 4. The van der Waals surface area contributed by atoms with Crippen molar-refractivity contribution in [2.75, 3.05) is 11.9 Å². The Morgan fingerprint density at radius 3 is 2.47 bits per heavy atom. The second kappa shape index (κ2) is 11.9. The Kier molecular flexibility index (Phi) is 8.07. The number of Topliss-reactive ketones (excluding diaryl/α,β-unsaturated/α-hetero) is 1. The number of ketones is 1. The summed E-state index contributed by atoms with van der Waals surface area (Å²) in [5.41, 5.74) is 1.92. The molecule has 1 amide bonds. The molecule has 2 N–H and O–H groups in total. The molecule has 226 valence electrons. The number of aromatic nitrogens is 3. The number of alkyl halides is 3. The second-order valence-corrected chi connectivity index (χ2v) is 11.8. The van der Waals surface area contributed by atoms with Crippen LogP contribution in [0.2, 0.25) is 0 Å². The normalized spacial score (nSPS) is 21.4. The number of carbonyl (C=O) groups is 2. The van der Waals surface area contributed by atoms with Gasteiger partial charge < -0.3 is 10.6 Å². The van der Waals surface area contributed by atoms with Gasteiger partial charge in [0.05, 0.1) is 18.4 Å². The number of hydrogen-bond donors (Lipinski definition) is 2. The van der Waals surface area contributed by atoms with E-state index in [9.17, 15) is 22.8 Å². The molecule has 0 atom stereocenters. The zero-order valence-electron chi connectivity index (χ0n) is 24.1. The monoisotopic (exact) mass is 592 g/mol. The zero-order valence-corrected chi connectivity index (χ0v) is 24.1. The molecule has 0 unspecified atom stereocenters. The first kappa shape index (κ1) is 29.1. The molecule has 11 heteroatoms. The van der Waals surface area contributed by atoms with Crippen molar-refractivity contribution in [2.24, 2.45) is 16.8 Å². The van der Waals surface area contributed by atoms with Gasteiger partial charge in [0.25, 0.3) is 0 Å². The minimum atomic E-state index is -4.55. The highest BCUT2D eigenvalue weighted by atomic mass is 19.4. The van der Waals surface area contributed by atoms with Gasteiger partial charge in [0.15, 0.2) is 17.2 Å². The van der Waals surface area contributed by atoms with Gasteiger partial charge in [-0.2, -0.15) is 13.2 Å². The van der Waals surface area contributed by atoms with Crippen LogP contribution in [0.25, 0.3) is 11.2 Å². The summed E-state index contributed by atoms with van der Waals surface area (Å²) in [7, 11) is 0. The van der Waals surface area contributed by atoms with Crippen molar-refractivity contribution in [3.63, 3.8) is 0 Å². The molecule has 0 saturated heterocycles. The number of rotatable bonds is 7. The molecule has 0 spiro atoms. The third kappa shape index (κ3) is 6.07. The fraction of sp³-hybridized carbons (Fsp3) is 0.469. The first-order valence-electron chi connectivity index (χ1n) is 15.1. The fourth-order valence-corrected chi connectivity index (χ4v) is 6.64. The Bertz CT molecular complexity index is 1590. The Labute approximate surface area is 247 Å². The molecule has 3 aliphatic rings. The van der Waals surface area contributed by atoms with Crippen LogP contribution < -0.4 is 10.6 Å². The quantitative estimate of drug-likeness (QED) is 0.301. The highest BCUT2D eigenvalue weighted by Crippen LogP contribution is 2.34. The van der Waals surface area contributed by atoms with Crippen molar-refractivity contribution in [1.29, 1.82) is 0 Å². The number of allylic oxidation sites excluding steroid dienone is 1. The number of hydrogen-bond acceptors (Lipinski definition) is 6. The summed E-state index contributed by atoms with van der Waals surface area (Å²) in [5, 5.41) is 6.45. The van der Waals surface area contributed by atoms with E-state index in [0.29, 0.717) is 22.7 Å². The van der Waals surface area contributed by atoms with Gasteiger partial charge in [0.2, 0.25) is 5.91 Å². The van der Waals surface area contributed by atoms with E-state index in [2.05, 4.69) is 25.6 Å². The first-order valence-corrected chi connectivity index (χ1v) is 15.1. The van der Waals surface area contributed by atoms with Crippen molar-refractivity contribution < 1.29 is 22.8 Å². The number of nitrogens with one attached hydrogen (secondary N) is 2. The van der Waals surface area contributed by atoms with Crippen LogP contribution in [0.3, 0.4) is 0 Å². The summed E-state index contributed by atoms with van der Waals surface area (Å²) in [4.78, 5) is 38.4. The summed E-state index contributed by atoms with van der Waals surface area (Å²) >= 11 is 0. The van der Waals surface area contributed by atoms with Crippen molar-refractivity contribution >= 4 is 40.1 Å². The summed E-state index contributed by atoms with van der Waals surface area (Å²) in [6.45, 7) is 1.86. The van der Waals surface area contributed by atoms with E-state index in [4.69, 9.17) is 0 Å². The average Bonchev–Trinajstić information content (AvgIpc) is 3.66. The largest absolute Gasteiger partial charge is 0.433 e. The summed E-state index contributed by atoms with van der Waals surface area (Å²) in [6.07, 6.45) is 9.90. The molecule has 0 bridgehead atoms. The van der Waals surface area contributed by atoms with Gasteiger partial charge in [-0.05, 0) is 69.2 Å². The maximum Gasteiger partial charge on any atom is 0.433 e. The highest BCUT2D eigenvalue weighted by Gasteiger charge is 2.40. The van der Waals surface area contributed by atoms with Gasteiger partial charge in [-0.15, -0.1) is 0 Å². The van der Waals surface area contributed by atoms with Crippen molar-refractivity contribution in [3.8, 4) is 0 Å². The van der Waals surface area contributed by atoms with Crippen LogP contribution in [0.1, 0.15) is 79.4 Å². The molecule has 2 aromatic heterocycles. The molecule has 43 heavy (non-hydrogen) atoms. The predicted octanol–water partition coefficient (Wildman–Crippen LogP) is 6.62. The predicted molar refractivity (Wildman–Crippen MR) is 159 cm³/mol. The van der Waals surface area contributed by atoms with Gasteiger partial charge >= 0.3 is 6.18 Å². The maximum absolute atomic E-state index is 13.5. The maximum atomic E-state index is 13.5. The summed E-state index contributed by atoms with van der Waals surface area (Å²) < 4.78 is 42.0. The van der Waals surface area contributed by atoms with Gasteiger partial charge in [0, 0.05) is 47.1 Å². The van der Waals surface area contributed by atoms with E-state index in [1.165, 1.54) is 24.9 Å². The molecular formula is C32H35F3N6O2. The first-order chi connectivity index (χ1) is 20.7. The lowest BCUT2D eigenvalue weighted by atomic mass is 9.80. The molecule has 1 aliphatic heterocycles. The lowest BCUT2D eigenvalue weighted by Crippen LogP contribution is -2.42. The van der Waals surface area contributed by atoms with Crippen LogP contribution in [0.4, 0.5) is 24.7 Å². The number of amides is 1. The van der Waals surface area contributed by atoms with Crippen LogP contribution in [0.15, 0.2) is 47.9 Å². The van der Waals surface area contributed by atoms with Gasteiger partial charge in [-0.25, -0.2) is 9.97 Å². The SMILES string of the molecule is Cc1cc(Nc2nccn3c(C4=CCN=C4C(F)(F)F)cnc23)ccc1C(=O)C1CCC(NC(=O)C2CCCCC2)CC1. The van der Waals surface area contributed by atoms with Crippen LogP contribution in [0.5, 0.6) is 0 Å². The number of anilines is 2. The zero-order chi connectivity index (χ0) is 30.1. The van der Waals surface area contributed by atoms with E-state index in [0.717, 1.165) is 56.9 Å². The van der Waals surface area contributed by atoms with Gasteiger partial charge in [0.1, 0.15) is 5.71 Å². The van der Waals surface area contributed by atoms with Crippen molar-refractivity contribution in [2.45, 2.75) is 76.9 Å². The lowest BCUT2D eigenvalue weighted by molar-refractivity contribution is -0.126. The van der Waals surface area contributed by atoms with Crippen LogP contribution in [-0.4, -0.2) is 50.5 Å². The van der Waals surface area contributed by atoms with Gasteiger partial charge in [-0.3, -0.25) is 19.0 Å². The topological polar surface area (TPSA) is 101 Å².